The quantitative estimate of drug-likeness (QED) is 0.624. The van der Waals surface area contributed by atoms with Crippen LogP contribution < -0.4 is 0 Å². The van der Waals surface area contributed by atoms with Crippen LogP contribution in [0.25, 0.3) is 0 Å². The molecule has 1 rings (SSSR count). The van der Waals surface area contributed by atoms with Gasteiger partial charge in [-0.1, -0.05) is 44.9 Å². The van der Waals surface area contributed by atoms with E-state index in [0.29, 0.717) is 0 Å². The second-order valence-corrected chi connectivity index (χ2v) is 4.71. The molecule has 0 aromatic carbocycles. The van der Waals surface area contributed by atoms with Gasteiger partial charge in [0.1, 0.15) is 5.54 Å². The maximum atomic E-state index is 11.3. The monoisotopic (exact) mass is 223 g/mol. The van der Waals surface area contributed by atoms with Gasteiger partial charge in [0.25, 0.3) is 0 Å². The molecular weight excluding hydrogens is 210 g/mol. The van der Waals surface area contributed by atoms with Crippen LogP contribution in [0.4, 0.5) is 0 Å². The Kier molecular flexibility index (Phi) is 3.82. The van der Waals surface area contributed by atoms with Crippen LogP contribution in [-0.4, -0.2) is 14.4 Å². The molecule has 0 heterocycles. The van der Waals surface area contributed by atoms with E-state index < -0.39 is 5.54 Å². The van der Waals surface area contributed by atoms with Crippen molar-refractivity contribution in [3.05, 3.63) is 0 Å². The van der Waals surface area contributed by atoms with Crippen molar-refractivity contribution in [3.63, 3.8) is 0 Å². The minimum absolute atomic E-state index is 0.118. The van der Waals surface area contributed by atoms with Crippen molar-refractivity contribution in [3.8, 4) is 0 Å². The van der Waals surface area contributed by atoms with Gasteiger partial charge in [-0.15, -0.1) is 12.6 Å². The van der Waals surface area contributed by atoms with Gasteiger partial charge >= 0.3 is 0 Å². The summed E-state index contributed by atoms with van der Waals surface area (Å²) in [5, 5.41) is -0.118. The maximum absolute atomic E-state index is 11.3. The number of carbonyl (C=O) groups excluding carboxylic acids is 1. The van der Waals surface area contributed by atoms with Crippen LogP contribution in [0.15, 0.2) is 0 Å². The minimum Gasteiger partial charge on any atom is -0.285 e. The molecule has 1 aliphatic rings. The summed E-state index contributed by atoms with van der Waals surface area (Å²) >= 11 is 12.1. The first-order chi connectivity index (χ1) is 5.59. The predicted molar refractivity (Wildman–Crippen MR) is 59.6 cm³/mol. The molecule has 0 spiro atoms. The van der Waals surface area contributed by atoms with Gasteiger partial charge in [0.15, 0.2) is 0 Å². The first-order valence-electron chi connectivity index (χ1n) is 4.01. The van der Waals surface area contributed by atoms with Crippen LogP contribution in [0.1, 0.15) is 32.1 Å². The zero-order valence-electron chi connectivity index (χ0n) is 6.73. The largest absolute Gasteiger partial charge is 0.285 e. The first kappa shape index (κ1) is 10.8. The molecule has 1 fully saturated rings. The lowest BCUT2D eigenvalue weighted by molar-refractivity contribution is -0.118. The molecule has 0 aromatic rings. The van der Waals surface area contributed by atoms with Gasteiger partial charge in [0.05, 0.1) is 0 Å². The highest BCUT2D eigenvalue weighted by Crippen LogP contribution is 2.37. The van der Waals surface area contributed by atoms with Crippen molar-refractivity contribution in [2.75, 3.05) is 0 Å². The Morgan fingerprint density at radius 2 is 1.67 bits per heavy atom. The Balaban J connectivity index is 2.77. The zero-order chi connectivity index (χ0) is 9.19. The van der Waals surface area contributed by atoms with Crippen LogP contribution in [0, 0.1) is 0 Å². The smallest absolute Gasteiger partial charge is 0.208 e. The van der Waals surface area contributed by atoms with E-state index in [9.17, 15) is 4.79 Å². The number of rotatable bonds is 2. The summed E-state index contributed by atoms with van der Waals surface area (Å²) < 4.78 is 1.42. The fourth-order valence-corrected chi connectivity index (χ4v) is 2.70. The third-order valence-corrected chi connectivity index (χ3v) is 3.64. The number of hydrogen-bond donors (Lipinski definition) is 3. The highest BCUT2D eigenvalue weighted by Gasteiger charge is 2.40. The van der Waals surface area contributed by atoms with E-state index >= 15 is 0 Å². The summed E-state index contributed by atoms with van der Waals surface area (Å²) in [5.41, 5.74) is -0.534. The van der Waals surface area contributed by atoms with Crippen LogP contribution in [0.5, 0.6) is 0 Å². The molecule has 0 bridgehead atoms. The SMILES string of the molecule is O=C(S)C1(N(S)S)CCCCC1. The third-order valence-electron chi connectivity index (χ3n) is 2.46. The maximum Gasteiger partial charge on any atom is 0.208 e. The Morgan fingerprint density at radius 3 is 1.92 bits per heavy atom. The molecule has 0 radical (unpaired) electrons. The second-order valence-electron chi connectivity index (χ2n) is 3.19. The van der Waals surface area contributed by atoms with Crippen molar-refractivity contribution in [2.45, 2.75) is 37.6 Å². The molecule has 5 heteroatoms. The molecule has 70 valence electrons. The third kappa shape index (κ3) is 1.95. The number of nitrogens with zero attached hydrogens (tertiary/aromatic N) is 1. The van der Waals surface area contributed by atoms with Crippen molar-refractivity contribution >= 4 is 43.4 Å². The van der Waals surface area contributed by atoms with E-state index in [1.807, 2.05) is 0 Å². The molecule has 2 nitrogen and oxygen atoms in total. The summed E-state index contributed by atoms with van der Waals surface area (Å²) in [6.07, 6.45) is 4.96. The summed E-state index contributed by atoms with van der Waals surface area (Å²) in [6, 6.07) is 0. The zero-order valence-corrected chi connectivity index (χ0v) is 9.42. The van der Waals surface area contributed by atoms with Crippen molar-refractivity contribution in [1.29, 1.82) is 0 Å². The van der Waals surface area contributed by atoms with Crippen LogP contribution in [0.3, 0.4) is 0 Å². The molecule has 1 saturated carbocycles. The number of hydrogen-bond acceptors (Lipinski definition) is 4. The van der Waals surface area contributed by atoms with Gasteiger partial charge in [0, 0.05) is 0 Å². The second kappa shape index (κ2) is 4.26. The molecule has 1 aliphatic carbocycles. The Bertz CT molecular complexity index is 177. The Morgan fingerprint density at radius 1 is 1.17 bits per heavy atom. The average molecular weight is 223 g/mol. The lowest BCUT2D eigenvalue weighted by Crippen LogP contribution is -2.46. The summed E-state index contributed by atoms with van der Waals surface area (Å²) in [5.74, 6) is 0. The molecule has 0 atom stereocenters. The number of carbonyl (C=O) groups is 1. The Labute approximate surface area is 89.6 Å². The van der Waals surface area contributed by atoms with E-state index in [0.717, 1.165) is 25.7 Å². The summed E-state index contributed by atoms with van der Waals surface area (Å²) in [4.78, 5) is 11.3. The summed E-state index contributed by atoms with van der Waals surface area (Å²) in [7, 11) is 0. The molecule has 0 aliphatic heterocycles. The highest BCUT2D eigenvalue weighted by molar-refractivity contribution is 7.97. The van der Waals surface area contributed by atoms with Crippen molar-refractivity contribution in [2.24, 2.45) is 0 Å². The van der Waals surface area contributed by atoms with Gasteiger partial charge in [-0.2, -0.15) is 3.71 Å². The van der Waals surface area contributed by atoms with Gasteiger partial charge in [0.2, 0.25) is 5.12 Å². The highest BCUT2D eigenvalue weighted by atomic mass is 32.2. The lowest BCUT2D eigenvalue weighted by atomic mass is 9.83. The van der Waals surface area contributed by atoms with E-state index in [4.69, 9.17) is 0 Å². The van der Waals surface area contributed by atoms with E-state index in [-0.39, 0.29) is 5.12 Å². The fraction of sp³-hybridized carbons (Fsp3) is 0.857. The molecule has 0 amide bonds. The first-order valence-corrected chi connectivity index (χ1v) is 5.26. The molecule has 0 N–H and O–H groups in total. The fourth-order valence-electron chi connectivity index (χ4n) is 1.64. The Hall–Kier alpha value is 0.680. The minimum atomic E-state index is -0.534. The van der Waals surface area contributed by atoms with E-state index in [1.54, 1.807) is 0 Å². The van der Waals surface area contributed by atoms with E-state index in [1.165, 1.54) is 10.1 Å². The van der Waals surface area contributed by atoms with Gasteiger partial charge < -0.3 is 0 Å². The van der Waals surface area contributed by atoms with Crippen molar-refractivity contribution < 1.29 is 4.79 Å². The van der Waals surface area contributed by atoms with Gasteiger partial charge in [-0.3, -0.25) is 4.79 Å². The average Bonchev–Trinajstić information content (AvgIpc) is 2.05. The van der Waals surface area contributed by atoms with Gasteiger partial charge in [-0.05, 0) is 12.8 Å². The van der Waals surface area contributed by atoms with E-state index in [2.05, 4.69) is 38.3 Å². The van der Waals surface area contributed by atoms with Crippen LogP contribution >= 0.6 is 38.3 Å². The van der Waals surface area contributed by atoms with Gasteiger partial charge in [-0.25, -0.2) is 0 Å². The predicted octanol–water partition coefficient (Wildman–Crippen LogP) is 2.14. The molecule has 0 unspecified atom stereocenters. The molecule has 0 aromatic heterocycles. The van der Waals surface area contributed by atoms with Crippen LogP contribution in [0.2, 0.25) is 0 Å². The van der Waals surface area contributed by atoms with Crippen LogP contribution in [-0.2, 0) is 4.79 Å². The topological polar surface area (TPSA) is 20.3 Å². The lowest BCUT2D eigenvalue weighted by Gasteiger charge is -2.37. The molecule has 12 heavy (non-hydrogen) atoms. The normalized spacial score (nSPS) is 22.7. The van der Waals surface area contributed by atoms with Crippen molar-refractivity contribution in [1.82, 2.24) is 3.71 Å². The molecule has 0 saturated heterocycles. The number of thiol groups is 3. The standard InChI is InChI=1S/C7H13NOS3/c9-6(10)7(8(11)12)4-2-1-3-5-7/h11-12H,1-5H2,(H,9,10). The molecular formula is C7H13NOS3. The summed E-state index contributed by atoms with van der Waals surface area (Å²) in [6.45, 7) is 0.